The molecule has 7 nitrogen and oxygen atoms in total. The second-order valence-electron chi connectivity index (χ2n) is 7.33. The molecule has 7 heteroatoms. The topological polar surface area (TPSA) is 95.9 Å². The highest BCUT2D eigenvalue weighted by molar-refractivity contribution is 5.89. The lowest BCUT2D eigenvalue weighted by Crippen LogP contribution is -2.36. The molecular weight excluding hydrogens is 366 g/mol. The Balaban J connectivity index is 1.52. The van der Waals surface area contributed by atoms with Crippen molar-refractivity contribution in [2.45, 2.75) is 45.8 Å². The van der Waals surface area contributed by atoms with Gasteiger partial charge in [-0.2, -0.15) is 0 Å². The van der Waals surface area contributed by atoms with Crippen molar-refractivity contribution in [3.63, 3.8) is 0 Å². The van der Waals surface area contributed by atoms with E-state index in [2.05, 4.69) is 44.8 Å². The highest BCUT2D eigenvalue weighted by atomic mass is 16.3. The van der Waals surface area contributed by atoms with Crippen LogP contribution in [0, 0.1) is 0 Å². The van der Waals surface area contributed by atoms with Gasteiger partial charge in [0.15, 0.2) is 11.7 Å². The molecule has 1 aromatic carbocycles. The van der Waals surface area contributed by atoms with Crippen LogP contribution in [-0.2, 0) is 19.6 Å². The number of nitrogens with zero attached hydrogens (tertiary/aromatic N) is 2. The smallest absolute Gasteiger partial charge is 0.284 e. The molecule has 0 bridgehead atoms. The van der Waals surface area contributed by atoms with Gasteiger partial charge in [0.1, 0.15) is 5.76 Å². The van der Waals surface area contributed by atoms with E-state index in [0.29, 0.717) is 24.8 Å². The number of nitrogens with one attached hydrogen (secondary N) is 2. The van der Waals surface area contributed by atoms with Crippen molar-refractivity contribution in [1.29, 1.82) is 0 Å². The molecule has 1 aliphatic rings. The van der Waals surface area contributed by atoms with Gasteiger partial charge in [0.05, 0.1) is 13.1 Å². The Bertz CT molecular complexity index is 807. The first-order valence-corrected chi connectivity index (χ1v) is 10.3. The second kappa shape index (κ2) is 10.7. The molecule has 156 valence electrons. The molecule has 0 saturated carbocycles. The number of guanidine groups is 1. The van der Waals surface area contributed by atoms with Crippen molar-refractivity contribution in [2.24, 2.45) is 10.7 Å². The fourth-order valence-corrected chi connectivity index (χ4v) is 3.41. The minimum Gasteiger partial charge on any atom is -0.454 e. The van der Waals surface area contributed by atoms with E-state index in [9.17, 15) is 4.79 Å². The van der Waals surface area contributed by atoms with Crippen molar-refractivity contribution >= 4 is 11.9 Å². The molecule has 0 radical (unpaired) electrons. The third kappa shape index (κ3) is 6.64. The lowest BCUT2D eigenvalue weighted by atomic mass is 10.1. The maximum atomic E-state index is 11.1. The molecule has 4 N–H and O–H groups in total. The fraction of sp³-hybridized carbons (Fsp3) is 0.455. The Kier molecular flexibility index (Phi) is 7.69. The van der Waals surface area contributed by atoms with Gasteiger partial charge in [-0.3, -0.25) is 9.69 Å². The van der Waals surface area contributed by atoms with Crippen molar-refractivity contribution in [2.75, 3.05) is 19.6 Å². The van der Waals surface area contributed by atoms with Crippen molar-refractivity contribution in [3.8, 4) is 0 Å². The van der Waals surface area contributed by atoms with Gasteiger partial charge in [-0.25, -0.2) is 4.99 Å². The molecule has 1 aromatic heterocycles. The minimum absolute atomic E-state index is 0.161. The van der Waals surface area contributed by atoms with Gasteiger partial charge < -0.3 is 20.8 Å². The quantitative estimate of drug-likeness (QED) is 0.470. The van der Waals surface area contributed by atoms with Crippen LogP contribution in [0.1, 0.15) is 53.6 Å². The summed E-state index contributed by atoms with van der Waals surface area (Å²) in [4.78, 5) is 18.3. The number of nitrogens with two attached hydrogens (primary N) is 1. The number of aliphatic imine (C=N–C) groups is 1. The Labute approximate surface area is 172 Å². The molecule has 1 fully saturated rings. The van der Waals surface area contributed by atoms with E-state index in [4.69, 9.17) is 10.2 Å². The first-order chi connectivity index (χ1) is 14.1. The van der Waals surface area contributed by atoms with Gasteiger partial charge >= 0.3 is 0 Å². The van der Waals surface area contributed by atoms with Gasteiger partial charge in [-0.1, -0.05) is 30.7 Å². The van der Waals surface area contributed by atoms with Crippen LogP contribution >= 0.6 is 0 Å². The summed E-state index contributed by atoms with van der Waals surface area (Å²) in [7, 11) is 0. The lowest BCUT2D eigenvalue weighted by Gasteiger charge is -2.26. The molecule has 1 aliphatic heterocycles. The number of carbonyl (C=O) groups is 1. The standard InChI is InChI=1S/C22H31N5O2/c1-2-24-22(26-15-19-10-11-20(29-19)21(23)28)25-14-17-6-8-18(9-7-17)16-27-12-4-3-5-13-27/h6-11H,2-5,12-16H2,1H3,(H2,23,28)(H2,24,25,26). The summed E-state index contributed by atoms with van der Waals surface area (Å²) in [5.74, 6) is 0.919. The predicted molar refractivity (Wildman–Crippen MR) is 114 cm³/mol. The first-order valence-electron chi connectivity index (χ1n) is 10.3. The van der Waals surface area contributed by atoms with Crippen LogP contribution in [0.5, 0.6) is 0 Å². The Morgan fingerprint density at radius 2 is 1.79 bits per heavy atom. The molecule has 1 amide bonds. The lowest BCUT2D eigenvalue weighted by molar-refractivity contribution is 0.0972. The number of benzene rings is 1. The monoisotopic (exact) mass is 397 g/mol. The fourth-order valence-electron chi connectivity index (χ4n) is 3.41. The van der Waals surface area contributed by atoms with Crippen LogP contribution in [0.2, 0.25) is 0 Å². The summed E-state index contributed by atoms with van der Waals surface area (Å²) in [6.45, 7) is 7.23. The average molecular weight is 398 g/mol. The molecule has 2 heterocycles. The van der Waals surface area contributed by atoms with Gasteiger partial charge in [0.25, 0.3) is 5.91 Å². The van der Waals surface area contributed by atoms with E-state index < -0.39 is 5.91 Å². The van der Waals surface area contributed by atoms with E-state index in [1.54, 1.807) is 12.1 Å². The van der Waals surface area contributed by atoms with E-state index in [1.165, 1.54) is 43.5 Å². The molecule has 0 unspecified atom stereocenters. The summed E-state index contributed by atoms with van der Waals surface area (Å²) >= 11 is 0. The second-order valence-corrected chi connectivity index (χ2v) is 7.33. The van der Waals surface area contributed by atoms with E-state index in [0.717, 1.165) is 13.1 Å². The molecule has 2 aromatic rings. The SMILES string of the molecule is CCNC(=NCc1ccc(CN2CCCCC2)cc1)NCc1ccc(C(N)=O)o1. The number of hydrogen-bond donors (Lipinski definition) is 3. The van der Waals surface area contributed by atoms with Crippen LogP contribution in [0.3, 0.4) is 0 Å². The van der Waals surface area contributed by atoms with Crippen LogP contribution < -0.4 is 16.4 Å². The van der Waals surface area contributed by atoms with Gasteiger partial charge in [-0.15, -0.1) is 0 Å². The maximum absolute atomic E-state index is 11.1. The molecule has 3 rings (SSSR count). The Hall–Kier alpha value is -2.80. The number of piperidine rings is 1. The van der Waals surface area contributed by atoms with Crippen LogP contribution in [0.15, 0.2) is 45.8 Å². The van der Waals surface area contributed by atoms with Crippen LogP contribution in [0.4, 0.5) is 0 Å². The third-order valence-corrected chi connectivity index (χ3v) is 4.98. The average Bonchev–Trinajstić information content (AvgIpc) is 3.21. The Morgan fingerprint density at radius 3 is 2.45 bits per heavy atom. The molecule has 0 atom stereocenters. The summed E-state index contributed by atoms with van der Waals surface area (Å²) in [5, 5.41) is 6.43. The minimum atomic E-state index is -0.569. The number of furan rings is 1. The summed E-state index contributed by atoms with van der Waals surface area (Å²) in [6.07, 6.45) is 3.99. The van der Waals surface area contributed by atoms with Gasteiger partial charge in [0, 0.05) is 13.1 Å². The van der Waals surface area contributed by atoms with Crippen molar-refractivity contribution in [1.82, 2.24) is 15.5 Å². The zero-order chi connectivity index (χ0) is 20.5. The number of amides is 1. The molecule has 29 heavy (non-hydrogen) atoms. The van der Waals surface area contributed by atoms with E-state index in [-0.39, 0.29) is 5.76 Å². The molecule has 0 aliphatic carbocycles. The number of hydrogen-bond acceptors (Lipinski definition) is 4. The van der Waals surface area contributed by atoms with E-state index >= 15 is 0 Å². The predicted octanol–water partition coefficient (Wildman–Crippen LogP) is 2.62. The number of likely N-dealkylation sites (tertiary alicyclic amines) is 1. The third-order valence-electron chi connectivity index (χ3n) is 4.98. The highest BCUT2D eigenvalue weighted by Crippen LogP contribution is 2.14. The molecule has 0 spiro atoms. The number of rotatable bonds is 8. The summed E-state index contributed by atoms with van der Waals surface area (Å²) in [5.41, 5.74) is 7.73. The largest absolute Gasteiger partial charge is 0.454 e. The molecule has 1 saturated heterocycles. The van der Waals surface area contributed by atoms with Crippen LogP contribution in [-0.4, -0.2) is 36.4 Å². The van der Waals surface area contributed by atoms with Crippen molar-refractivity contribution in [3.05, 3.63) is 59.0 Å². The zero-order valence-electron chi connectivity index (χ0n) is 17.1. The highest BCUT2D eigenvalue weighted by Gasteiger charge is 2.10. The van der Waals surface area contributed by atoms with Gasteiger partial charge in [0.2, 0.25) is 0 Å². The summed E-state index contributed by atoms with van der Waals surface area (Å²) in [6, 6.07) is 12.0. The van der Waals surface area contributed by atoms with Crippen molar-refractivity contribution < 1.29 is 9.21 Å². The normalized spacial score (nSPS) is 15.3. The first kappa shape index (κ1) is 20.9. The van der Waals surface area contributed by atoms with E-state index in [1.807, 2.05) is 6.92 Å². The number of carbonyl (C=O) groups excluding carboxylic acids is 1. The van der Waals surface area contributed by atoms with Crippen LogP contribution in [0.25, 0.3) is 0 Å². The maximum Gasteiger partial charge on any atom is 0.284 e. The van der Waals surface area contributed by atoms with Gasteiger partial charge in [-0.05, 0) is 56.1 Å². The summed E-state index contributed by atoms with van der Waals surface area (Å²) < 4.78 is 5.39. The number of primary amides is 1. The zero-order valence-corrected chi connectivity index (χ0v) is 17.1. The Morgan fingerprint density at radius 1 is 1.07 bits per heavy atom. The molecular formula is C22H31N5O2.